The molecule has 1 aliphatic carbocycles. The fourth-order valence-electron chi connectivity index (χ4n) is 15.9. The van der Waals surface area contributed by atoms with E-state index in [-0.39, 0.29) is 28.5 Å². The summed E-state index contributed by atoms with van der Waals surface area (Å²) < 4.78 is 0. The van der Waals surface area contributed by atoms with Crippen molar-refractivity contribution >= 4 is 97.4 Å². The lowest BCUT2D eigenvalue weighted by atomic mass is 9.33. The number of hydrogen-bond acceptors (Lipinski definition) is 3. The van der Waals surface area contributed by atoms with Crippen LogP contribution in [0.5, 0.6) is 0 Å². The highest BCUT2D eigenvalue weighted by molar-refractivity contribution is 7.20. The zero-order chi connectivity index (χ0) is 56.3. The van der Waals surface area contributed by atoms with Crippen LogP contribution in [-0.2, 0) is 5.41 Å². The number of rotatable bonds is 9. The summed E-state index contributed by atoms with van der Waals surface area (Å²) in [5, 5.41) is 5.59. The van der Waals surface area contributed by atoms with Crippen LogP contribution in [0.2, 0.25) is 0 Å². The first-order valence-corrected chi connectivity index (χ1v) is 31.8. The lowest BCUT2D eigenvalue weighted by molar-refractivity contribution is -0.0311. The van der Waals surface area contributed by atoms with Gasteiger partial charge in [-0.2, -0.15) is 0 Å². The summed E-state index contributed by atoms with van der Waals surface area (Å²) >= 11 is 0. The number of anilines is 8. The predicted molar refractivity (Wildman–Crippen MR) is 356 cm³/mol. The van der Waals surface area contributed by atoms with Gasteiger partial charge in [-0.3, -0.25) is 0 Å². The van der Waals surface area contributed by atoms with Crippen LogP contribution in [0.15, 0.2) is 279 Å². The van der Waals surface area contributed by atoms with E-state index in [0.29, 0.717) is 0 Å². The average Bonchev–Trinajstić information content (AvgIpc) is 1.81. The molecule has 11 aromatic carbocycles. The molecule has 0 radical (unpaired) electrons. The van der Waals surface area contributed by atoms with Gasteiger partial charge in [0.15, 0.2) is 8.07 Å². The van der Waals surface area contributed by atoms with E-state index in [1.807, 2.05) is 0 Å². The molecule has 1 fully saturated rings. The van der Waals surface area contributed by atoms with Gasteiger partial charge in [-0.05, 0) is 150 Å². The molecule has 0 saturated heterocycles. The van der Waals surface area contributed by atoms with Crippen molar-refractivity contribution in [1.82, 2.24) is 0 Å². The van der Waals surface area contributed by atoms with Crippen LogP contribution in [0.1, 0.15) is 59.9 Å². The van der Waals surface area contributed by atoms with Crippen LogP contribution in [0.4, 0.5) is 45.5 Å². The van der Waals surface area contributed by atoms with Gasteiger partial charge in [-0.15, -0.1) is 0 Å². The summed E-state index contributed by atoms with van der Waals surface area (Å²) in [6.07, 6.45) is 2.03. The third-order valence-corrected chi connectivity index (χ3v) is 25.3. The second kappa shape index (κ2) is 19.1. The summed E-state index contributed by atoms with van der Waals surface area (Å²) in [7, 11) is -2.91. The predicted octanol–water partition coefficient (Wildman–Crippen LogP) is 15.5. The first kappa shape index (κ1) is 51.0. The number of benzene rings is 11. The third kappa shape index (κ3) is 7.63. The molecule has 1 saturated carbocycles. The summed E-state index contributed by atoms with van der Waals surface area (Å²) in [6.45, 7) is 15.4. The molecule has 402 valence electrons. The lowest BCUT2D eigenvalue weighted by Gasteiger charge is -2.61. The number of nitrogens with zero attached hydrogens (tertiary/aromatic N) is 3. The molecule has 0 aromatic heterocycles. The van der Waals surface area contributed by atoms with Gasteiger partial charge in [0.05, 0.1) is 5.54 Å². The van der Waals surface area contributed by atoms with E-state index in [2.05, 4.69) is 335 Å². The Bertz CT molecular complexity index is 4170. The molecular weight excluding hydrogens is 1020 g/mol. The zero-order valence-corrected chi connectivity index (χ0v) is 49.4. The third-order valence-electron chi connectivity index (χ3n) is 20.5. The highest BCUT2D eigenvalue weighted by Gasteiger charge is 2.66. The van der Waals surface area contributed by atoms with Crippen LogP contribution in [0.3, 0.4) is 0 Å². The Hall–Kier alpha value is -8.90. The molecule has 83 heavy (non-hydrogen) atoms. The van der Waals surface area contributed by atoms with Gasteiger partial charge in [-0.25, -0.2) is 0 Å². The van der Waals surface area contributed by atoms with E-state index >= 15 is 0 Å². The normalized spacial score (nSPS) is 18.8. The molecule has 2 atom stereocenters. The van der Waals surface area contributed by atoms with E-state index in [4.69, 9.17) is 0 Å². The molecule has 3 aliphatic heterocycles. The number of para-hydroxylation sites is 2. The van der Waals surface area contributed by atoms with Crippen molar-refractivity contribution in [3.8, 4) is 22.3 Å². The summed E-state index contributed by atoms with van der Waals surface area (Å²) in [4.78, 5) is 8.05. The SMILES string of the molecule is CC1(C)CC2(C)c3cc([Si](c4ccccc4)(c4ccccc4)c4ccccc4)ccc3N(c3cc4c5c(c3)N(c3cccc(-c6ccccc6)c3)c3cc(-c6ccccc6)ccc3B5c3ccccc3N4c3ccccc3)C2(C)CC1(C)C. The quantitative estimate of drug-likeness (QED) is 0.105. The van der Waals surface area contributed by atoms with E-state index in [1.54, 1.807) is 0 Å². The molecule has 11 aromatic rings. The molecule has 0 bridgehead atoms. The summed E-state index contributed by atoms with van der Waals surface area (Å²) in [5.41, 5.74) is 19.2. The monoisotopic (exact) mass is 1090 g/mol. The van der Waals surface area contributed by atoms with Crippen molar-refractivity contribution in [3.05, 3.63) is 285 Å². The standard InChI is InChI=1S/C78H68BN3Si/c1-75(2)53-77(5)66-52-65(83(62-36-19-10-20-37-62,63-38-21-11-22-39-63)64-40-23-12-24-41-64)45-47-69(66)82(78(77,6)54-76(75,3)4)61-50-72-74-73(51-61)81(60-35-27-32-57(48-60)55-28-13-7-14-29-55)71-49-58(56-30-15-8-16-31-56)44-46-68(71)79(74)67-42-25-26-43-70(67)80(72)59-33-17-9-18-34-59/h7-52H,53-54H2,1-6H3. The molecule has 5 heteroatoms. The second-order valence-electron chi connectivity index (χ2n) is 25.6. The molecule has 3 nitrogen and oxygen atoms in total. The molecule has 0 spiro atoms. The molecule has 3 heterocycles. The second-order valence-corrected chi connectivity index (χ2v) is 29.4. The maximum Gasteiger partial charge on any atom is 0.252 e. The Kier molecular flexibility index (Phi) is 11.7. The Balaban J connectivity index is 1.04. The summed E-state index contributed by atoms with van der Waals surface area (Å²) in [6, 6.07) is 106. The van der Waals surface area contributed by atoms with Crippen LogP contribution in [0.25, 0.3) is 22.3 Å². The van der Waals surface area contributed by atoms with Crippen LogP contribution in [-0.4, -0.2) is 20.3 Å². The number of hydrogen-bond donors (Lipinski definition) is 0. The molecule has 4 aliphatic rings. The topological polar surface area (TPSA) is 9.72 Å². The van der Waals surface area contributed by atoms with Gasteiger partial charge >= 0.3 is 0 Å². The largest absolute Gasteiger partial charge is 0.334 e. The van der Waals surface area contributed by atoms with Crippen LogP contribution in [0, 0.1) is 10.8 Å². The van der Waals surface area contributed by atoms with Gasteiger partial charge in [0.25, 0.3) is 6.71 Å². The minimum Gasteiger partial charge on any atom is -0.334 e. The maximum atomic E-state index is 2.85. The molecule has 0 amide bonds. The van der Waals surface area contributed by atoms with Crippen molar-refractivity contribution in [1.29, 1.82) is 0 Å². The van der Waals surface area contributed by atoms with Gasteiger partial charge < -0.3 is 14.7 Å². The van der Waals surface area contributed by atoms with E-state index in [1.165, 1.54) is 99.1 Å². The van der Waals surface area contributed by atoms with Crippen molar-refractivity contribution in [3.63, 3.8) is 0 Å². The Labute approximate surface area is 492 Å². The molecule has 2 unspecified atom stereocenters. The highest BCUT2D eigenvalue weighted by atomic mass is 28.3. The number of fused-ring (bicyclic) bond motifs is 7. The van der Waals surface area contributed by atoms with E-state index in [0.717, 1.165) is 24.2 Å². The molecule has 15 rings (SSSR count). The highest BCUT2D eigenvalue weighted by Crippen LogP contribution is 2.68. The Morgan fingerprint density at radius 1 is 0.325 bits per heavy atom. The minimum atomic E-state index is -2.91. The zero-order valence-electron chi connectivity index (χ0n) is 48.4. The average molecular weight is 1090 g/mol. The minimum absolute atomic E-state index is 0.000281. The van der Waals surface area contributed by atoms with Crippen molar-refractivity contribution < 1.29 is 0 Å². The fraction of sp³-hybridized carbons (Fsp3) is 0.154. The smallest absolute Gasteiger partial charge is 0.252 e. The molecular formula is C78H68BN3Si. The van der Waals surface area contributed by atoms with E-state index < -0.39 is 8.07 Å². The van der Waals surface area contributed by atoms with Gasteiger partial charge in [-0.1, -0.05) is 259 Å². The Morgan fingerprint density at radius 2 is 0.795 bits per heavy atom. The van der Waals surface area contributed by atoms with Gasteiger partial charge in [0.1, 0.15) is 0 Å². The summed E-state index contributed by atoms with van der Waals surface area (Å²) in [5.74, 6) is 0. The van der Waals surface area contributed by atoms with Crippen molar-refractivity contribution in [2.24, 2.45) is 10.8 Å². The van der Waals surface area contributed by atoms with Gasteiger partial charge in [0, 0.05) is 50.9 Å². The Morgan fingerprint density at radius 3 is 1.39 bits per heavy atom. The lowest BCUT2D eigenvalue weighted by Crippen LogP contribution is -2.74. The first-order chi connectivity index (χ1) is 40.4. The van der Waals surface area contributed by atoms with Crippen LogP contribution < -0.4 is 51.8 Å². The van der Waals surface area contributed by atoms with Crippen molar-refractivity contribution in [2.75, 3.05) is 14.7 Å². The first-order valence-electron chi connectivity index (χ1n) is 29.8. The fourth-order valence-corrected chi connectivity index (χ4v) is 20.7. The van der Waals surface area contributed by atoms with E-state index in [9.17, 15) is 0 Å². The van der Waals surface area contributed by atoms with Gasteiger partial charge in [0.2, 0.25) is 0 Å². The van der Waals surface area contributed by atoms with Crippen LogP contribution >= 0.6 is 0 Å². The van der Waals surface area contributed by atoms with Crippen molar-refractivity contribution in [2.45, 2.75) is 65.3 Å². The maximum absolute atomic E-state index is 2.91. The molecule has 0 N–H and O–H groups in total.